The van der Waals surface area contributed by atoms with Crippen LogP contribution in [-0.2, 0) is 0 Å². The van der Waals surface area contributed by atoms with Gasteiger partial charge in [-0.3, -0.25) is 4.79 Å². The summed E-state index contributed by atoms with van der Waals surface area (Å²) in [7, 11) is 1.53. The maximum absolute atomic E-state index is 11.6. The summed E-state index contributed by atoms with van der Waals surface area (Å²) in [6.07, 6.45) is 1.35. The summed E-state index contributed by atoms with van der Waals surface area (Å²) in [5.74, 6) is 1.38. The third-order valence-corrected chi connectivity index (χ3v) is 2.41. The number of nitrogens with one attached hydrogen (secondary N) is 1. The molecule has 1 aromatic carbocycles. The van der Waals surface area contributed by atoms with E-state index in [2.05, 4.69) is 9.97 Å². The van der Waals surface area contributed by atoms with Gasteiger partial charge in [0, 0.05) is 6.07 Å². The summed E-state index contributed by atoms with van der Waals surface area (Å²) in [5.41, 5.74) is 0.345. The van der Waals surface area contributed by atoms with Crippen LogP contribution in [0.4, 0.5) is 0 Å². The Labute approximate surface area is 114 Å². The van der Waals surface area contributed by atoms with Crippen LogP contribution >= 0.6 is 24.0 Å². The molecule has 0 saturated carbocycles. The molecule has 0 bridgehead atoms. The topological polar surface area (TPSA) is 64.2 Å². The van der Waals surface area contributed by atoms with Gasteiger partial charge >= 0.3 is 0 Å². The number of hydrogen-bond donors (Lipinski definition) is 1. The zero-order valence-electron chi connectivity index (χ0n) is 9.60. The van der Waals surface area contributed by atoms with Gasteiger partial charge in [-0.1, -0.05) is 0 Å². The van der Waals surface area contributed by atoms with Crippen molar-refractivity contribution in [1.29, 1.82) is 0 Å². The van der Waals surface area contributed by atoms with Crippen molar-refractivity contribution in [2.24, 2.45) is 0 Å². The first-order chi connectivity index (χ1) is 8.26. The molecule has 0 fully saturated rings. The lowest BCUT2D eigenvalue weighted by molar-refractivity contribution is 0.313. The normalized spacial score (nSPS) is 9.89. The minimum Gasteiger partial charge on any atom is -0.493 e. The maximum Gasteiger partial charge on any atom is 0.258 e. The highest BCUT2D eigenvalue weighted by Gasteiger charge is 2.09. The van der Waals surface area contributed by atoms with Crippen LogP contribution in [0.5, 0.6) is 11.5 Å². The van der Waals surface area contributed by atoms with Crippen LogP contribution in [0.1, 0.15) is 0 Å². The highest BCUT2D eigenvalue weighted by molar-refractivity contribution is 6.18. The van der Waals surface area contributed by atoms with Crippen LogP contribution in [0.3, 0.4) is 0 Å². The summed E-state index contributed by atoms with van der Waals surface area (Å²) >= 11 is 5.55. The first-order valence-corrected chi connectivity index (χ1v) is 5.54. The number of aromatic nitrogens is 2. The fourth-order valence-electron chi connectivity index (χ4n) is 1.50. The minimum atomic E-state index is -0.214. The van der Waals surface area contributed by atoms with Gasteiger partial charge in [0.25, 0.3) is 5.56 Å². The Morgan fingerprint density at radius 3 is 2.83 bits per heavy atom. The van der Waals surface area contributed by atoms with Crippen LogP contribution in [0.15, 0.2) is 23.3 Å². The summed E-state index contributed by atoms with van der Waals surface area (Å²) in [5, 5.41) is 0.456. The quantitative estimate of drug-likeness (QED) is 0.875. The fourth-order valence-corrected chi connectivity index (χ4v) is 1.57. The van der Waals surface area contributed by atoms with Crippen molar-refractivity contribution in [2.45, 2.75) is 0 Å². The Balaban J connectivity index is 0.00000162. The Bertz CT molecular complexity index is 586. The molecule has 0 aliphatic rings. The first kappa shape index (κ1) is 14.6. The van der Waals surface area contributed by atoms with Crippen LogP contribution in [0.2, 0.25) is 0 Å². The van der Waals surface area contributed by atoms with E-state index in [9.17, 15) is 4.79 Å². The molecule has 0 saturated heterocycles. The molecule has 5 nitrogen and oxygen atoms in total. The smallest absolute Gasteiger partial charge is 0.258 e. The molecule has 7 heteroatoms. The lowest BCUT2D eigenvalue weighted by Gasteiger charge is -2.10. The standard InChI is InChI=1S/C11H11ClN2O3.ClH/c1-16-9-5-8-7(11(15)14-6-13-8)4-10(9)17-3-2-12;/h4-6H,2-3H2,1H3,(H,13,14,15);1H. The summed E-state index contributed by atoms with van der Waals surface area (Å²) in [6, 6.07) is 3.26. The minimum absolute atomic E-state index is 0. The molecular formula is C11H12Cl2N2O3. The number of benzene rings is 1. The van der Waals surface area contributed by atoms with Crippen molar-refractivity contribution in [2.75, 3.05) is 19.6 Å². The van der Waals surface area contributed by atoms with Crippen LogP contribution in [0.25, 0.3) is 10.9 Å². The third-order valence-electron chi connectivity index (χ3n) is 2.26. The molecule has 98 valence electrons. The van der Waals surface area contributed by atoms with Gasteiger partial charge in [0.1, 0.15) is 6.61 Å². The van der Waals surface area contributed by atoms with Gasteiger partial charge in [0.2, 0.25) is 0 Å². The van der Waals surface area contributed by atoms with E-state index in [0.717, 1.165) is 0 Å². The molecule has 1 heterocycles. The van der Waals surface area contributed by atoms with Crippen molar-refractivity contribution in [1.82, 2.24) is 9.97 Å². The van der Waals surface area contributed by atoms with Gasteiger partial charge in [-0.05, 0) is 6.07 Å². The second kappa shape index (κ2) is 6.47. The predicted octanol–water partition coefficient (Wildman–Crippen LogP) is 1.97. The van der Waals surface area contributed by atoms with E-state index in [0.29, 0.717) is 34.9 Å². The number of H-pyrrole nitrogens is 1. The summed E-state index contributed by atoms with van der Waals surface area (Å²) in [4.78, 5) is 18.1. The van der Waals surface area contributed by atoms with Crippen molar-refractivity contribution in [3.63, 3.8) is 0 Å². The number of ether oxygens (including phenoxy) is 2. The number of hydrogen-bond acceptors (Lipinski definition) is 4. The molecule has 0 aliphatic carbocycles. The van der Waals surface area contributed by atoms with Crippen molar-refractivity contribution >= 4 is 34.9 Å². The van der Waals surface area contributed by atoms with E-state index in [1.807, 2.05) is 0 Å². The van der Waals surface area contributed by atoms with E-state index in [-0.39, 0.29) is 18.0 Å². The van der Waals surface area contributed by atoms with Gasteiger partial charge in [-0.25, -0.2) is 4.98 Å². The molecule has 0 radical (unpaired) electrons. The Morgan fingerprint density at radius 2 is 2.17 bits per heavy atom. The number of nitrogens with zero attached hydrogens (tertiary/aromatic N) is 1. The molecule has 0 spiro atoms. The van der Waals surface area contributed by atoms with Crippen LogP contribution in [-0.4, -0.2) is 29.6 Å². The molecule has 0 amide bonds. The fraction of sp³-hybridized carbons (Fsp3) is 0.273. The lowest BCUT2D eigenvalue weighted by Crippen LogP contribution is -2.07. The van der Waals surface area contributed by atoms with Crippen LogP contribution < -0.4 is 15.0 Å². The van der Waals surface area contributed by atoms with E-state index in [1.165, 1.54) is 13.4 Å². The molecular weight excluding hydrogens is 279 g/mol. The average molecular weight is 291 g/mol. The average Bonchev–Trinajstić information content (AvgIpc) is 2.36. The zero-order chi connectivity index (χ0) is 12.3. The van der Waals surface area contributed by atoms with Crippen LogP contribution in [0, 0.1) is 0 Å². The molecule has 0 unspecified atom stereocenters. The monoisotopic (exact) mass is 290 g/mol. The number of aromatic amines is 1. The van der Waals surface area contributed by atoms with Gasteiger partial charge < -0.3 is 14.5 Å². The third kappa shape index (κ3) is 2.86. The Hall–Kier alpha value is -1.46. The van der Waals surface area contributed by atoms with E-state index in [1.54, 1.807) is 12.1 Å². The Morgan fingerprint density at radius 1 is 1.39 bits per heavy atom. The van der Waals surface area contributed by atoms with Gasteiger partial charge in [-0.15, -0.1) is 24.0 Å². The van der Waals surface area contributed by atoms with Crippen molar-refractivity contribution in [3.8, 4) is 11.5 Å². The van der Waals surface area contributed by atoms with E-state index in [4.69, 9.17) is 21.1 Å². The number of fused-ring (bicyclic) bond motifs is 1. The van der Waals surface area contributed by atoms with E-state index < -0.39 is 0 Å². The number of rotatable bonds is 4. The van der Waals surface area contributed by atoms with Gasteiger partial charge in [0.15, 0.2) is 11.5 Å². The lowest BCUT2D eigenvalue weighted by atomic mass is 10.2. The number of methoxy groups -OCH3 is 1. The molecule has 2 rings (SSSR count). The molecule has 18 heavy (non-hydrogen) atoms. The highest BCUT2D eigenvalue weighted by atomic mass is 35.5. The van der Waals surface area contributed by atoms with Crippen molar-refractivity contribution < 1.29 is 9.47 Å². The van der Waals surface area contributed by atoms with Crippen molar-refractivity contribution in [3.05, 3.63) is 28.8 Å². The largest absolute Gasteiger partial charge is 0.493 e. The molecule has 0 aliphatic heterocycles. The first-order valence-electron chi connectivity index (χ1n) is 5.00. The summed E-state index contributed by atoms with van der Waals surface area (Å²) in [6.45, 7) is 0.349. The molecule has 0 atom stereocenters. The zero-order valence-corrected chi connectivity index (χ0v) is 11.2. The van der Waals surface area contributed by atoms with E-state index >= 15 is 0 Å². The molecule has 1 aromatic heterocycles. The SMILES string of the molecule is COc1cc2nc[nH]c(=O)c2cc1OCCCl.Cl. The maximum atomic E-state index is 11.6. The number of alkyl halides is 1. The highest BCUT2D eigenvalue weighted by Crippen LogP contribution is 2.30. The second-order valence-electron chi connectivity index (χ2n) is 3.29. The molecule has 1 N–H and O–H groups in total. The van der Waals surface area contributed by atoms with Gasteiger partial charge in [-0.2, -0.15) is 0 Å². The number of halogens is 2. The predicted molar refractivity (Wildman–Crippen MR) is 72.4 cm³/mol. The second-order valence-corrected chi connectivity index (χ2v) is 3.67. The molecule has 2 aromatic rings. The Kier molecular flexibility index (Phi) is 5.25. The van der Waals surface area contributed by atoms with Gasteiger partial charge in [0.05, 0.1) is 30.2 Å². The summed E-state index contributed by atoms with van der Waals surface area (Å²) < 4.78 is 10.6.